The van der Waals surface area contributed by atoms with Crippen molar-refractivity contribution in [3.05, 3.63) is 57.9 Å². The van der Waals surface area contributed by atoms with Crippen molar-refractivity contribution in [3.63, 3.8) is 0 Å². The number of ether oxygens (including phenoxy) is 1. The number of nitrogens with zero attached hydrogens (tertiary/aromatic N) is 2. The predicted octanol–water partition coefficient (Wildman–Crippen LogP) is 1.44. The molecule has 2 aromatic rings. The van der Waals surface area contributed by atoms with Gasteiger partial charge in [-0.2, -0.15) is 5.10 Å². The Morgan fingerprint density at radius 2 is 2.08 bits per heavy atom. The SMILES string of the molecule is COC(=O)[C@@H]1CN(c2ccc(=O)[nH]n2)CC1c1ccc(F)cc1F. The second-order valence-electron chi connectivity index (χ2n) is 5.59. The van der Waals surface area contributed by atoms with Gasteiger partial charge in [-0.1, -0.05) is 6.07 Å². The highest BCUT2D eigenvalue weighted by atomic mass is 19.1. The number of methoxy groups -OCH3 is 1. The van der Waals surface area contributed by atoms with Crippen molar-refractivity contribution < 1.29 is 18.3 Å². The number of carbonyl (C=O) groups is 1. The zero-order valence-corrected chi connectivity index (χ0v) is 12.8. The van der Waals surface area contributed by atoms with Gasteiger partial charge in [0.1, 0.15) is 17.5 Å². The number of aromatic nitrogens is 2. The van der Waals surface area contributed by atoms with Crippen LogP contribution in [0.25, 0.3) is 0 Å². The van der Waals surface area contributed by atoms with Crippen molar-refractivity contribution in [1.82, 2.24) is 10.2 Å². The molecule has 1 aromatic heterocycles. The highest BCUT2D eigenvalue weighted by Crippen LogP contribution is 2.36. The van der Waals surface area contributed by atoms with Crippen LogP contribution in [0.5, 0.6) is 0 Å². The Morgan fingerprint density at radius 1 is 1.29 bits per heavy atom. The van der Waals surface area contributed by atoms with Gasteiger partial charge in [-0.3, -0.25) is 9.59 Å². The van der Waals surface area contributed by atoms with E-state index in [1.54, 1.807) is 4.90 Å². The van der Waals surface area contributed by atoms with E-state index in [-0.39, 0.29) is 17.7 Å². The van der Waals surface area contributed by atoms with E-state index in [9.17, 15) is 18.4 Å². The van der Waals surface area contributed by atoms with E-state index in [0.29, 0.717) is 12.4 Å². The van der Waals surface area contributed by atoms with E-state index >= 15 is 0 Å². The first kappa shape index (κ1) is 16.1. The first-order valence-corrected chi connectivity index (χ1v) is 7.33. The minimum absolute atomic E-state index is 0.249. The summed E-state index contributed by atoms with van der Waals surface area (Å²) in [4.78, 5) is 25.0. The summed E-state index contributed by atoms with van der Waals surface area (Å²) in [7, 11) is 1.27. The average Bonchev–Trinajstić information content (AvgIpc) is 2.99. The summed E-state index contributed by atoms with van der Waals surface area (Å²) in [6, 6.07) is 6.14. The Kier molecular flexibility index (Phi) is 4.28. The second-order valence-corrected chi connectivity index (χ2v) is 5.59. The van der Waals surface area contributed by atoms with Crippen LogP contribution in [-0.2, 0) is 9.53 Å². The molecule has 1 fully saturated rings. The van der Waals surface area contributed by atoms with Crippen molar-refractivity contribution in [3.8, 4) is 0 Å². The van der Waals surface area contributed by atoms with Crippen molar-refractivity contribution in [2.75, 3.05) is 25.1 Å². The summed E-state index contributed by atoms with van der Waals surface area (Å²) in [5.41, 5.74) is -0.0951. The van der Waals surface area contributed by atoms with E-state index in [1.807, 2.05) is 0 Å². The van der Waals surface area contributed by atoms with Crippen molar-refractivity contribution >= 4 is 11.8 Å². The first-order valence-electron chi connectivity index (χ1n) is 7.33. The van der Waals surface area contributed by atoms with E-state index in [1.165, 1.54) is 25.3 Å². The molecule has 0 amide bonds. The van der Waals surface area contributed by atoms with Gasteiger partial charge in [0.2, 0.25) is 0 Å². The molecular formula is C16H15F2N3O3. The molecule has 3 rings (SSSR count). The molecule has 0 radical (unpaired) electrons. The minimum Gasteiger partial charge on any atom is -0.469 e. The van der Waals surface area contributed by atoms with Crippen LogP contribution >= 0.6 is 0 Å². The molecule has 1 saturated heterocycles. The fraction of sp³-hybridized carbons (Fsp3) is 0.312. The summed E-state index contributed by atoms with van der Waals surface area (Å²) < 4.78 is 32.1. The van der Waals surface area contributed by atoms with Gasteiger partial charge in [0.25, 0.3) is 5.56 Å². The third-order valence-electron chi connectivity index (χ3n) is 4.17. The predicted molar refractivity (Wildman–Crippen MR) is 81.7 cm³/mol. The van der Waals surface area contributed by atoms with Gasteiger partial charge in [0.15, 0.2) is 0 Å². The molecule has 2 heterocycles. The minimum atomic E-state index is -0.704. The van der Waals surface area contributed by atoms with Crippen LogP contribution < -0.4 is 10.5 Å². The summed E-state index contributed by atoms with van der Waals surface area (Å²) in [6.45, 7) is 0.550. The summed E-state index contributed by atoms with van der Waals surface area (Å²) in [6.07, 6.45) is 0. The van der Waals surface area contributed by atoms with Crippen molar-refractivity contribution in [2.45, 2.75) is 5.92 Å². The molecule has 6 nitrogen and oxygen atoms in total. The average molecular weight is 335 g/mol. The van der Waals surface area contributed by atoms with Gasteiger partial charge in [0, 0.05) is 31.1 Å². The van der Waals surface area contributed by atoms with E-state index in [4.69, 9.17) is 4.74 Å². The lowest BCUT2D eigenvalue weighted by atomic mass is 9.88. The molecule has 1 aliphatic heterocycles. The van der Waals surface area contributed by atoms with E-state index in [0.717, 1.165) is 12.1 Å². The molecule has 1 aromatic carbocycles. The van der Waals surface area contributed by atoms with Crippen LogP contribution in [0.2, 0.25) is 0 Å². The van der Waals surface area contributed by atoms with Crippen LogP contribution in [0.15, 0.2) is 35.1 Å². The van der Waals surface area contributed by atoms with Crippen LogP contribution in [0.3, 0.4) is 0 Å². The van der Waals surface area contributed by atoms with Gasteiger partial charge < -0.3 is 9.64 Å². The number of rotatable bonds is 3. The number of halogens is 2. The maximum Gasteiger partial charge on any atom is 0.311 e. The number of carbonyl (C=O) groups excluding carboxylic acids is 1. The van der Waals surface area contributed by atoms with Gasteiger partial charge in [-0.25, -0.2) is 13.9 Å². The van der Waals surface area contributed by atoms with Gasteiger partial charge >= 0.3 is 5.97 Å². The summed E-state index contributed by atoms with van der Waals surface area (Å²) in [5, 5.41) is 6.25. The lowest BCUT2D eigenvalue weighted by Gasteiger charge is -2.17. The molecule has 0 saturated carbocycles. The Hall–Kier alpha value is -2.77. The Balaban J connectivity index is 1.95. The third-order valence-corrected chi connectivity index (χ3v) is 4.17. The molecule has 24 heavy (non-hydrogen) atoms. The Bertz CT molecular complexity index is 804. The molecule has 1 unspecified atom stereocenters. The Morgan fingerprint density at radius 3 is 2.71 bits per heavy atom. The lowest BCUT2D eigenvalue weighted by molar-refractivity contribution is -0.145. The molecule has 126 valence electrons. The van der Waals surface area contributed by atoms with Crippen molar-refractivity contribution in [1.29, 1.82) is 0 Å². The number of H-pyrrole nitrogens is 1. The zero-order valence-electron chi connectivity index (χ0n) is 12.8. The standard InChI is InChI=1S/C16H15F2N3O3/c1-24-16(23)12-8-21(14-4-5-15(22)20-19-14)7-11(12)10-3-2-9(17)6-13(10)18/h2-6,11-12H,7-8H2,1H3,(H,20,22)/t11?,12-/m1/s1. The smallest absolute Gasteiger partial charge is 0.311 e. The number of anilines is 1. The Labute approximate surface area is 136 Å². The molecule has 0 bridgehead atoms. The number of benzene rings is 1. The van der Waals surface area contributed by atoms with Gasteiger partial charge in [-0.05, 0) is 17.7 Å². The molecular weight excluding hydrogens is 320 g/mol. The summed E-state index contributed by atoms with van der Waals surface area (Å²) >= 11 is 0. The van der Waals surface area contributed by atoms with Gasteiger partial charge in [-0.15, -0.1) is 0 Å². The molecule has 2 atom stereocenters. The van der Waals surface area contributed by atoms with E-state index in [2.05, 4.69) is 10.2 Å². The van der Waals surface area contributed by atoms with Crippen LogP contribution in [-0.4, -0.2) is 36.4 Å². The van der Waals surface area contributed by atoms with Crippen LogP contribution in [0.1, 0.15) is 11.5 Å². The highest BCUT2D eigenvalue weighted by Gasteiger charge is 2.41. The molecule has 0 aliphatic carbocycles. The normalized spacial score (nSPS) is 20.2. The zero-order chi connectivity index (χ0) is 17.3. The fourth-order valence-electron chi connectivity index (χ4n) is 3.01. The molecule has 8 heteroatoms. The summed E-state index contributed by atoms with van der Waals surface area (Å²) in [5.74, 6) is -2.52. The number of hydrogen-bond donors (Lipinski definition) is 1. The number of nitrogens with one attached hydrogen (secondary N) is 1. The topological polar surface area (TPSA) is 75.3 Å². The number of aromatic amines is 1. The van der Waals surface area contributed by atoms with Gasteiger partial charge in [0.05, 0.1) is 13.0 Å². The lowest BCUT2D eigenvalue weighted by Crippen LogP contribution is -2.25. The van der Waals surface area contributed by atoms with E-state index < -0.39 is 29.4 Å². The maximum atomic E-state index is 14.2. The molecule has 1 N–H and O–H groups in total. The highest BCUT2D eigenvalue weighted by molar-refractivity contribution is 5.75. The fourth-order valence-corrected chi connectivity index (χ4v) is 3.01. The monoisotopic (exact) mass is 335 g/mol. The first-order chi connectivity index (χ1) is 11.5. The van der Waals surface area contributed by atoms with Crippen LogP contribution in [0.4, 0.5) is 14.6 Å². The maximum absolute atomic E-state index is 14.2. The second kappa shape index (κ2) is 6.38. The largest absolute Gasteiger partial charge is 0.469 e. The quantitative estimate of drug-likeness (QED) is 0.859. The third kappa shape index (κ3) is 2.99. The number of esters is 1. The van der Waals surface area contributed by atoms with Crippen LogP contribution in [0, 0.1) is 17.6 Å². The van der Waals surface area contributed by atoms with Crippen molar-refractivity contribution in [2.24, 2.45) is 5.92 Å². The molecule has 0 spiro atoms. The molecule has 1 aliphatic rings. The number of hydrogen-bond acceptors (Lipinski definition) is 5.